The Labute approximate surface area is 78.3 Å². The predicted molar refractivity (Wildman–Crippen MR) is 48.7 cm³/mol. The van der Waals surface area contributed by atoms with Crippen molar-refractivity contribution in [3.05, 3.63) is 0 Å². The van der Waals surface area contributed by atoms with Crippen LogP contribution >= 0.6 is 0 Å². The van der Waals surface area contributed by atoms with Gasteiger partial charge in [-0.1, -0.05) is 6.42 Å². The fraction of sp³-hybridized carbons (Fsp3) is 0.889. The SMILES string of the molecule is O=C(O)CCCCC1COCCN1. The number of carboxylic acids is 1. The molecule has 1 aliphatic heterocycles. The summed E-state index contributed by atoms with van der Waals surface area (Å²) in [4.78, 5) is 10.2. The first kappa shape index (κ1) is 10.5. The normalized spacial score (nSPS) is 22.9. The molecule has 0 radical (unpaired) electrons. The summed E-state index contributed by atoms with van der Waals surface area (Å²) in [5.41, 5.74) is 0. The molecule has 0 aromatic heterocycles. The molecule has 1 saturated heterocycles. The van der Waals surface area contributed by atoms with Gasteiger partial charge >= 0.3 is 5.97 Å². The van der Waals surface area contributed by atoms with Gasteiger partial charge in [-0.25, -0.2) is 0 Å². The first-order valence-electron chi connectivity index (χ1n) is 4.82. The van der Waals surface area contributed by atoms with E-state index < -0.39 is 5.97 Å². The van der Waals surface area contributed by atoms with Crippen molar-refractivity contribution in [2.75, 3.05) is 19.8 Å². The van der Waals surface area contributed by atoms with Crippen LogP contribution in [0, 0.1) is 0 Å². The number of hydrogen-bond acceptors (Lipinski definition) is 3. The summed E-state index contributed by atoms with van der Waals surface area (Å²) in [5, 5.41) is 11.7. The molecule has 0 aromatic carbocycles. The van der Waals surface area contributed by atoms with Crippen LogP contribution in [0.2, 0.25) is 0 Å². The zero-order valence-corrected chi connectivity index (χ0v) is 7.79. The summed E-state index contributed by atoms with van der Waals surface area (Å²) in [6.07, 6.45) is 3.04. The number of aliphatic carboxylic acids is 1. The standard InChI is InChI=1S/C9H17NO3/c11-9(12)4-2-1-3-8-7-13-6-5-10-8/h8,10H,1-7H2,(H,11,12). The Balaban J connectivity index is 1.95. The molecule has 1 aliphatic rings. The highest BCUT2D eigenvalue weighted by Crippen LogP contribution is 2.06. The smallest absolute Gasteiger partial charge is 0.303 e. The van der Waals surface area contributed by atoms with Crippen LogP contribution in [0.3, 0.4) is 0 Å². The van der Waals surface area contributed by atoms with E-state index in [2.05, 4.69) is 5.32 Å². The highest BCUT2D eigenvalue weighted by Gasteiger charge is 2.11. The van der Waals surface area contributed by atoms with E-state index in [4.69, 9.17) is 9.84 Å². The minimum atomic E-state index is -0.701. The molecule has 1 rings (SSSR count). The Morgan fingerprint density at radius 2 is 2.38 bits per heavy atom. The molecule has 0 aromatic rings. The third kappa shape index (κ3) is 4.85. The van der Waals surface area contributed by atoms with Crippen LogP contribution in [-0.2, 0) is 9.53 Å². The molecule has 13 heavy (non-hydrogen) atoms. The van der Waals surface area contributed by atoms with Gasteiger partial charge in [-0.3, -0.25) is 4.79 Å². The number of ether oxygens (including phenoxy) is 1. The fourth-order valence-electron chi connectivity index (χ4n) is 1.47. The van der Waals surface area contributed by atoms with Crippen LogP contribution in [-0.4, -0.2) is 36.9 Å². The van der Waals surface area contributed by atoms with Gasteiger partial charge in [0.05, 0.1) is 13.2 Å². The summed E-state index contributed by atoms with van der Waals surface area (Å²) >= 11 is 0. The molecule has 0 amide bonds. The largest absolute Gasteiger partial charge is 0.481 e. The second-order valence-corrected chi connectivity index (χ2v) is 3.37. The van der Waals surface area contributed by atoms with E-state index in [1.54, 1.807) is 0 Å². The van der Waals surface area contributed by atoms with E-state index in [1.807, 2.05) is 0 Å². The maximum Gasteiger partial charge on any atom is 0.303 e. The first-order chi connectivity index (χ1) is 6.29. The van der Waals surface area contributed by atoms with Gasteiger partial charge < -0.3 is 15.2 Å². The maximum absolute atomic E-state index is 10.2. The lowest BCUT2D eigenvalue weighted by Gasteiger charge is -2.23. The molecule has 1 unspecified atom stereocenters. The van der Waals surface area contributed by atoms with Crippen molar-refractivity contribution in [2.24, 2.45) is 0 Å². The third-order valence-electron chi connectivity index (χ3n) is 2.19. The van der Waals surface area contributed by atoms with Crippen molar-refractivity contribution in [3.8, 4) is 0 Å². The molecule has 0 aliphatic carbocycles. The van der Waals surface area contributed by atoms with Gasteiger partial charge in [0.2, 0.25) is 0 Å². The van der Waals surface area contributed by atoms with Crippen molar-refractivity contribution >= 4 is 5.97 Å². The Bertz CT molecular complexity index is 155. The van der Waals surface area contributed by atoms with Gasteiger partial charge in [-0.2, -0.15) is 0 Å². The summed E-state index contributed by atoms with van der Waals surface area (Å²) in [6, 6.07) is 0.433. The number of hydrogen-bond donors (Lipinski definition) is 2. The molecule has 0 spiro atoms. The first-order valence-corrected chi connectivity index (χ1v) is 4.82. The van der Waals surface area contributed by atoms with Crippen LogP contribution in [0.25, 0.3) is 0 Å². The molecule has 0 saturated carbocycles. The molecule has 4 heteroatoms. The molecule has 1 heterocycles. The fourth-order valence-corrected chi connectivity index (χ4v) is 1.47. The lowest BCUT2D eigenvalue weighted by atomic mass is 10.1. The van der Waals surface area contributed by atoms with Crippen LogP contribution in [0.15, 0.2) is 0 Å². The molecule has 4 nitrogen and oxygen atoms in total. The van der Waals surface area contributed by atoms with E-state index in [-0.39, 0.29) is 6.42 Å². The van der Waals surface area contributed by atoms with E-state index in [0.717, 1.165) is 39.0 Å². The van der Waals surface area contributed by atoms with Crippen molar-refractivity contribution in [1.29, 1.82) is 0 Å². The Morgan fingerprint density at radius 3 is 3.00 bits per heavy atom. The van der Waals surface area contributed by atoms with Gasteiger partial charge in [0.1, 0.15) is 0 Å². The van der Waals surface area contributed by atoms with E-state index in [1.165, 1.54) is 0 Å². The van der Waals surface area contributed by atoms with Crippen molar-refractivity contribution in [2.45, 2.75) is 31.7 Å². The maximum atomic E-state index is 10.2. The minimum absolute atomic E-state index is 0.285. The quantitative estimate of drug-likeness (QED) is 0.619. The zero-order chi connectivity index (χ0) is 9.52. The Kier molecular flexibility index (Phi) is 4.78. The van der Waals surface area contributed by atoms with Gasteiger partial charge in [0.25, 0.3) is 0 Å². The van der Waals surface area contributed by atoms with Crippen molar-refractivity contribution < 1.29 is 14.6 Å². The average Bonchev–Trinajstić information content (AvgIpc) is 2.14. The second-order valence-electron chi connectivity index (χ2n) is 3.37. The lowest BCUT2D eigenvalue weighted by Crippen LogP contribution is -2.41. The number of nitrogens with one attached hydrogen (secondary N) is 1. The summed E-state index contributed by atoms with van der Waals surface area (Å²) < 4.78 is 5.28. The highest BCUT2D eigenvalue weighted by atomic mass is 16.5. The summed E-state index contributed by atoms with van der Waals surface area (Å²) in [6.45, 7) is 2.49. The summed E-state index contributed by atoms with van der Waals surface area (Å²) in [5.74, 6) is -0.701. The molecule has 76 valence electrons. The Hall–Kier alpha value is -0.610. The second kappa shape index (κ2) is 5.94. The van der Waals surface area contributed by atoms with E-state index in [9.17, 15) is 4.79 Å². The number of morpholine rings is 1. The third-order valence-corrected chi connectivity index (χ3v) is 2.19. The molecule has 1 fully saturated rings. The number of carbonyl (C=O) groups is 1. The van der Waals surface area contributed by atoms with Crippen LogP contribution < -0.4 is 5.32 Å². The molecule has 1 atom stereocenters. The molecule has 0 bridgehead atoms. The van der Waals surface area contributed by atoms with Crippen molar-refractivity contribution in [1.82, 2.24) is 5.32 Å². The van der Waals surface area contributed by atoms with Crippen LogP contribution in [0.4, 0.5) is 0 Å². The zero-order valence-electron chi connectivity index (χ0n) is 7.79. The van der Waals surface area contributed by atoms with Gasteiger partial charge in [0.15, 0.2) is 0 Å². The van der Waals surface area contributed by atoms with Crippen molar-refractivity contribution in [3.63, 3.8) is 0 Å². The molecular formula is C9H17NO3. The van der Waals surface area contributed by atoms with E-state index >= 15 is 0 Å². The Morgan fingerprint density at radius 1 is 1.54 bits per heavy atom. The number of unbranched alkanes of at least 4 members (excludes halogenated alkanes) is 1. The highest BCUT2D eigenvalue weighted by molar-refractivity contribution is 5.66. The summed E-state index contributed by atoms with van der Waals surface area (Å²) in [7, 11) is 0. The van der Waals surface area contributed by atoms with Gasteiger partial charge in [0, 0.05) is 19.0 Å². The molecule has 2 N–H and O–H groups in total. The number of rotatable bonds is 5. The molecular weight excluding hydrogens is 170 g/mol. The average molecular weight is 187 g/mol. The predicted octanol–water partition coefficient (Wildman–Crippen LogP) is 0.620. The topological polar surface area (TPSA) is 58.6 Å². The van der Waals surface area contributed by atoms with Crippen LogP contribution in [0.1, 0.15) is 25.7 Å². The monoisotopic (exact) mass is 187 g/mol. The van der Waals surface area contributed by atoms with Crippen LogP contribution in [0.5, 0.6) is 0 Å². The van der Waals surface area contributed by atoms with E-state index in [0.29, 0.717) is 6.04 Å². The lowest BCUT2D eigenvalue weighted by molar-refractivity contribution is -0.137. The van der Waals surface area contributed by atoms with Gasteiger partial charge in [-0.15, -0.1) is 0 Å². The number of carboxylic acid groups (broad SMARTS) is 1. The van der Waals surface area contributed by atoms with Gasteiger partial charge in [-0.05, 0) is 12.8 Å². The minimum Gasteiger partial charge on any atom is -0.481 e.